The molecule has 1 aromatic carbocycles. The Bertz CT molecular complexity index is 1320. The molecular formula is C26H33N5O11. The summed E-state index contributed by atoms with van der Waals surface area (Å²) < 4.78 is 0. The summed E-state index contributed by atoms with van der Waals surface area (Å²) in [5.41, 5.74) is 6.99. The van der Waals surface area contributed by atoms with E-state index in [4.69, 9.17) is 21.1 Å². The third-order valence-electron chi connectivity index (χ3n) is 6.28. The van der Waals surface area contributed by atoms with Gasteiger partial charge in [0, 0.05) is 42.8 Å². The number of hydrogen-bond donors (Lipinski definition) is 9. The van der Waals surface area contributed by atoms with Gasteiger partial charge in [0.1, 0.15) is 18.1 Å². The van der Waals surface area contributed by atoms with E-state index in [1.165, 1.54) is 0 Å². The number of benzene rings is 1. The molecule has 0 radical (unpaired) electrons. The van der Waals surface area contributed by atoms with Crippen LogP contribution < -0.4 is 21.7 Å². The summed E-state index contributed by atoms with van der Waals surface area (Å²) in [5.74, 6) is -8.23. The first-order valence-electron chi connectivity index (χ1n) is 12.9. The second-order valence-electron chi connectivity index (χ2n) is 9.49. The molecule has 2 aromatic rings. The monoisotopic (exact) mass is 591 g/mol. The van der Waals surface area contributed by atoms with Gasteiger partial charge in [0.25, 0.3) is 0 Å². The lowest BCUT2D eigenvalue weighted by Gasteiger charge is -2.25. The molecule has 4 unspecified atom stereocenters. The molecule has 16 nitrogen and oxygen atoms in total. The fourth-order valence-electron chi connectivity index (χ4n) is 4.03. The van der Waals surface area contributed by atoms with Crippen molar-refractivity contribution >= 4 is 52.5 Å². The molecule has 1 aromatic heterocycles. The number of carboxylic acids is 4. The number of aliphatic carboxylic acids is 4. The van der Waals surface area contributed by atoms with Crippen molar-refractivity contribution in [3.63, 3.8) is 0 Å². The molecule has 0 bridgehead atoms. The molecule has 2 rings (SSSR count). The van der Waals surface area contributed by atoms with Crippen molar-refractivity contribution in [1.29, 1.82) is 0 Å². The summed E-state index contributed by atoms with van der Waals surface area (Å²) in [5, 5.41) is 44.2. The lowest BCUT2D eigenvalue weighted by atomic mass is 10.0. The van der Waals surface area contributed by atoms with Gasteiger partial charge in [-0.05, 0) is 30.9 Å². The molecule has 3 amide bonds. The number of para-hydroxylation sites is 1. The van der Waals surface area contributed by atoms with Gasteiger partial charge in [0.05, 0.1) is 6.04 Å². The van der Waals surface area contributed by atoms with Gasteiger partial charge in [-0.1, -0.05) is 18.2 Å². The van der Waals surface area contributed by atoms with Crippen molar-refractivity contribution in [3.8, 4) is 0 Å². The highest BCUT2D eigenvalue weighted by Crippen LogP contribution is 2.19. The number of carboxylic acid groups (broad SMARTS) is 4. The Morgan fingerprint density at radius 1 is 0.690 bits per heavy atom. The number of carbonyl (C=O) groups is 7. The SMILES string of the molecule is NC(CCC(=O)O)C(=O)NC(CCC(=O)O)C(=O)NC(CCC(=O)O)C(=O)NC(Cc1c[nH]c2ccccc12)C(=O)O. The summed E-state index contributed by atoms with van der Waals surface area (Å²) in [6.45, 7) is 0. The molecule has 0 aliphatic carbocycles. The molecule has 0 aliphatic heterocycles. The number of fused-ring (bicyclic) bond motifs is 1. The maximum absolute atomic E-state index is 13.1. The largest absolute Gasteiger partial charge is 0.481 e. The molecule has 0 fully saturated rings. The van der Waals surface area contributed by atoms with Crippen LogP contribution in [0.15, 0.2) is 30.5 Å². The topological polar surface area (TPSA) is 278 Å². The molecule has 4 atom stereocenters. The molecule has 42 heavy (non-hydrogen) atoms. The van der Waals surface area contributed by atoms with Crippen LogP contribution in [0, 0.1) is 0 Å². The summed E-state index contributed by atoms with van der Waals surface area (Å²) in [6, 6.07) is 1.17. The number of H-pyrrole nitrogens is 1. The van der Waals surface area contributed by atoms with Crippen LogP contribution in [0.1, 0.15) is 44.1 Å². The number of amides is 3. The van der Waals surface area contributed by atoms with Crippen molar-refractivity contribution < 1.29 is 54.0 Å². The van der Waals surface area contributed by atoms with Crippen LogP contribution in [0.3, 0.4) is 0 Å². The predicted octanol–water partition coefficient (Wildman–Crippen LogP) is -0.829. The van der Waals surface area contributed by atoms with Gasteiger partial charge >= 0.3 is 23.9 Å². The summed E-state index contributed by atoms with van der Waals surface area (Å²) in [4.78, 5) is 86.7. The molecule has 0 spiro atoms. The van der Waals surface area contributed by atoms with Crippen LogP contribution in [0.25, 0.3) is 10.9 Å². The van der Waals surface area contributed by atoms with E-state index >= 15 is 0 Å². The maximum atomic E-state index is 13.1. The standard InChI is InChI=1S/C26H33N5O11/c27-15(5-8-20(32)33)23(38)29-17(6-9-21(34)35)24(39)30-18(7-10-22(36)37)25(40)31-19(26(41)42)11-13-12-28-16-4-2-1-3-14(13)16/h1-4,12,15,17-19,28H,5-11,27H2,(H,29,38)(H,30,39)(H,31,40)(H,32,33)(H,34,35)(H,36,37)(H,41,42). The van der Waals surface area contributed by atoms with Crippen LogP contribution in [-0.2, 0) is 40.0 Å². The van der Waals surface area contributed by atoms with Crippen LogP contribution in [0.5, 0.6) is 0 Å². The van der Waals surface area contributed by atoms with Gasteiger partial charge in [-0.2, -0.15) is 0 Å². The van der Waals surface area contributed by atoms with Crippen molar-refractivity contribution in [2.24, 2.45) is 5.73 Å². The molecule has 228 valence electrons. The summed E-state index contributed by atoms with van der Waals surface area (Å²) >= 11 is 0. The van der Waals surface area contributed by atoms with E-state index in [-0.39, 0.29) is 12.8 Å². The number of hydrogen-bond acceptors (Lipinski definition) is 8. The number of aromatic nitrogens is 1. The van der Waals surface area contributed by atoms with E-state index in [1.54, 1.807) is 30.5 Å². The Kier molecular flexibility index (Phi) is 12.4. The van der Waals surface area contributed by atoms with Gasteiger partial charge in [-0.25, -0.2) is 4.79 Å². The Morgan fingerprint density at radius 3 is 1.69 bits per heavy atom. The average molecular weight is 592 g/mol. The van der Waals surface area contributed by atoms with Crippen molar-refractivity contribution in [2.75, 3.05) is 0 Å². The van der Waals surface area contributed by atoms with E-state index in [0.717, 1.165) is 10.9 Å². The molecule has 0 saturated heterocycles. The van der Waals surface area contributed by atoms with Gasteiger partial charge < -0.3 is 47.1 Å². The van der Waals surface area contributed by atoms with Crippen molar-refractivity contribution in [2.45, 2.75) is 69.1 Å². The van der Waals surface area contributed by atoms with Crippen molar-refractivity contribution in [3.05, 3.63) is 36.0 Å². The van der Waals surface area contributed by atoms with Crippen LogP contribution in [-0.4, -0.2) is 91.2 Å². The third kappa shape index (κ3) is 10.5. The first-order chi connectivity index (χ1) is 19.8. The van der Waals surface area contributed by atoms with Gasteiger partial charge in [-0.3, -0.25) is 28.8 Å². The minimum atomic E-state index is -1.57. The Hall–Kier alpha value is -4.99. The minimum Gasteiger partial charge on any atom is -0.481 e. The van der Waals surface area contributed by atoms with Crippen LogP contribution in [0.4, 0.5) is 0 Å². The van der Waals surface area contributed by atoms with Gasteiger partial charge in [0.2, 0.25) is 17.7 Å². The fraction of sp³-hybridized carbons (Fsp3) is 0.423. The Labute approximate surface area is 238 Å². The zero-order valence-electron chi connectivity index (χ0n) is 22.4. The normalized spacial score (nSPS) is 13.7. The quantitative estimate of drug-likeness (QED) is 0.103. The number of nitrogens with two attached hydrogens (primary N) is 1. The maximum Gasteiger partial charge on any atom is 0.326 e. The van der Waals surface area contributed by atoms with E-state index < -0.39 is 97.9 Å². The Morgan fingerprint density at radius 2 is 1.17 bits per heavy atom. The highest BCUT2D eigenvalue weighted by Gasteiger charge is 2.31. The molecule has 1 heterocycles. The fourth-order valence-corrected chi connectivity index (χ4v) is 4.03. The van der Waals surface area contributed by atoms with Crippen LogP contribution in [0.2, 0.25) is 0 Å². The second-order valence-corrected chi connectivity index (χ2v) is 9.49. The minimum absolute atomic E-state index is 0.143. The molecule has 10 N–H and O–H groups in total. The average Bonchev–Trinajstić information content (AvgIpc) is 3.33. The number of carbonyl (C=O) groups excluding carboxylic acids is 3. The highest BCUT2D eigenvalue weighted by atomic mass is 16.4. The first kappa shape index (κ1) is 33.2. The Balaban J connectivity index is 2.20. The summed E-state index contributed by atoms with van der Waals surface area (Å²) in [7, 11) is 0. The smallest absolute Gasteiger partial charge is 0.326 e. The van der Waals surface area contributed by atoms with Crippen LogP contribution >= 0.6 is 0 Å². The van der Waals surface area contributed by atoms with E-state index in [1.807, 2.05) is 0 Å². The van der Waals surface area contributed by atoms with Gasteiger partial charge in [0.15, 0.2) is 0 Å². The third-order valence-corrected chi connectivity index (χ3v) is 6.28. The first-order valence-corrected chi connectivity index (χ1v) is 12.9. The number of aromatic amines is 1. The zero-order valence-corrected chi connectivity index (χ0v) is 22.4. The van der Waals surface area contributed by atoms with E-state index in [2.05, 4.69) is 20.9 Å². The second kappa shape index (κ2) is 15.7. The zero-order chi connectivity index (χ0) is 31.4. The highest BCUT2D eigenvalue weighted by molar-refractivity contribution is 5.95. The lowest BCUT2D eigenvalue weighted by molar-refractivity contribution is -0.143. The van der Waals surface area contributed by atoms with Gasteiger partial charge in [-0.15, -0.1) is 0 Å². The van der Waals surface area contributed by atoms with E-state index in [9.17, 15) is 38.7 Å². The lowest BCUT2D eigenvalue weighted by Crippen LogP contribution is -2.57. The predicted molar refractivity (Wildman–Crippen MR) is 144 cm³/mol. The van der Waals surface area contributed by atoms with E-state index in [0.29, 0.717) is 5.56 Å². The molecule has 16 heteroatoms. The number of rotatable bonds is 18. The number of nitrogens with one attached hydrogen (secondary N) is 4. The molecular weight excluding hydrogens is 558 g/mol. The molecule has 0 aliphatic rings. The van der Waals surface area contributed by atoms with Crippen molar-refractivity contribution in [1.82, 2.24) is 20.9 Å². The molecule has 0 saturated carbocycles. The summed E-state index contributed by atoms with van der Waals surface area (Å²) in [6.07, 6.45) is -1.34.